The molecule has 0 amide bonds. The smallest absolute Gasteiger partial charge is 0.110 e. The summed E-state index contributed by atoms with van der Waals surface area (Å²) in [5.74, 6) is 1.02. The molecule has 3 rings (SSSR count). The summed E-state index contributed by atoms with van der Waals surface area (Å²) in [6.45, 7) is 2.02. The zero-order valence-electron chi connectivity index (χ0n) is 11.1. The van der Waals surface area contributed by atoms with Crippen molar-refractivity contribution in [3.8, 4) is 5.69 Å². The predicted molar refractivity (Wildman–Crippen MR) is 80.9 cm³/mol. The van der Waals surface area contributed by atoms with E-state index in [1.807, 2.05) is 31.1 Å². The maximum absolute atomic E-state index is 4.26. The van der Waals surface area contributed by atoms with Gasteiger partial charge in [0.05, 0.1) is 0 Å². The van der Waals surface area contributed by atoms with Gasteiger partial charge in [0.25, 0.3) is 0 Å². The van der Waals surface area contributed by atoms with Gasteiger partial charge >= 0.3 is 0 Å². The van der Waals surface area contributed by atoms with Gasteiger partial charge in [-0.25, -0.2) is 4.98 Å². The fourth-order valence-electron chi connectivity index (χ4n) is 2.39. The van der Waals surface area contributed by atoms with Crippen LogP contribution in [0.5, 0.6) is 0 Å². The normalized spacial score (nSPS) is 18.7. The van der Waals surface area contributed by atoms with Gasteiger partial charge in [-0.05, 0) is 50.5 Å². The molecule has 1 aliphatic rings. The van der Waals surface area contributed by atoms with Crippen molar-refractivity contribution in [1.82, 2.24) is 9.55 Å². The van der Waals surface area contributed by atoms with Crippen LogP contribution in [0.25, 0.3) is 5.69 Å². The summed E-state index contributed by atoms with van der Waals surface area (Å²) in [6.07, 6.45) is 12.4. The third kappa shape index (κ3) is 2.92. The quantitative estimate of drug-likeness (QED) is 0.770. The summed E-state index contributed by atoms with van der Waals surface area (Å²) in [5, 5.41) is 0.648. The van der Waals surface area contributed by atoms with Gasteiger partial charge < -0.3 is 4.57 Å². The number of rotatable bonds is 3. The Labute approximate surface area is 118 Å². The number of thioether (sulfide) groups is 1. The predicted octanol–water partition coefficient (Wildman–Crippen LogP) is 4.38. The third-order valence-corrected chi connectivity index (χ3v) is 4.68. The van der Waals surface area contributed by atoms with Crippen LogP contribution < -0.4 is 0 Å². The molecule has 19 heavy (non-hydrogen) atoms. The van der Waals surface area contributed by atoms with Crippen LogP contribution in [0.4, 0.5) is 0 Å². The summed E-state index contributed by atoms with van der Waals surface area (Å²) in [6, 6.07) is 8.76. The van der Waals surface area contributed by atoms with Crippen molar-refractivity contribution >= 4 is 11.8 Å². The Hall–Kier alpha value is -1.48. The molecule has 0 bridgehead atoms. The van der Waals surface area contributed by atoms with Gasteiger partial charge in [0.15, 0.2) is 0 Å². The number of aromatic nitrogens is 2. The molecule has 1 heterocycles. The van der Waals surface area contributed by atoms with E-state index in [1.165, 1.54) is 29.8 Å². The minimum absolute atomic E-state index is 0.648. The van der Waals surface area contributed by atoms with Crippen molar-refractivity contribution in [2.75, 3.05) is 0 Å². The molecule has 98 valence electrons. The topological polar surface area (TPSA) is 17.8 Å². The van der Waals surface area contributed by atoms with E-state index in [9.17, 15) is 0 Å². The Morgan fingerprint density at radius 2 is 2.11 bits per heavy atom. The molecule has 0 spiro atoms. The van der Waals surface area contributed by atoms with Crippen LogP contribution in [0.15, 0.2) is 53.7 Å². The molecule has 0 radical (unpaired) electrons. The van der Waals surface area contributed by atoms with E-state index in [2.05, 4.69) is 46.0 Å². The second-order valence-electron chi connectivity index (χ2n) is 4.85. The van der Waals surface area contributed by atoms with Crippen molar-refractivity contribution < 1.29 is 0 Å². The van der Waals surface area contributed by atoms with Crippen LogP contribution in [0.2, 0.25) is 0 Å². The van der Waals surface area contributed by atoms with Gasteiger partial charge in [0.1, 0.15) is 5.82 Å². The van der Waals surface area contributed by atoms with Gasteiger partial charge in [-0.15, -0.1) is 11.8 Å². The molecule has 1 aromatic heterocycles. The van der Waals surface area contributed by atoms with E-state index < -0.39 is 0 Å². The summed E-state index contributed by atoms with van der Waals surface area (Å²) >= 11 is 1.96. The summed E-state index contributed by atoms with van der Waals surface area (Å²) in [5.41, 5.74) is 1.18. The number of hydrogen-bond acceptors (Lipinski definition) is 2. The zero-order chi connectivity index (χ0) is 13.1. The van der Waals surface area contributed by atoms with Gasteiger partial charge in [-0.3, -0.25) is 0 Å². The highest BCUT2D eigenvalue weighted by molar-refractivity contribution is 8.00. The molecule has 1 atom stereocenters. The lowest BCUT2D eigenvalue weighted by Gasteiger charge is -2.16. The molecular weight excluding hydrogens is 252 g/mol. The first-order chi connectivity index (χ1) is 9.33. The van der Waals surface area contributed by atoms with Crippen molar-refractivity contribution in [2.24, 2.45) is 0 Å². The monoisotopic (exact) mass is 270 g/mol. The Bertz CT molecular complexity index is 569. The Morgan fingerprint density at radius 1 is 1.26 bits per heavy atom. The molecule has 1 unspecified atom stereocenters. The number of benzene rings is 1. The van der Waals surface area contributed by atoms with Crippen LogP contribution in [0, 0.1) is 6.92 Å². The summed E-state index contributed by atoms with van der Waals surface area (Å²) in [7, 11) is 0. The molecule has 2 nitrogen and oxygen atoms in total. The minimum atomic E-state index is 0.648. The average Bonchev–Trinajstić information content (AvgIpc) is 2.87. The Balaban J connectivity index is 1.74. The van der Waals surface area contributed by atoms with E-state index in [4.69, 9.17) is 0 Å². The molecule has 0 N–H and O–H groups in total. The summed E-state index contributed by atoms with van der Waals surface area (Å²) < 4.78 is 2.11. The van der Waals surface area contributed by atoms with Gasteiger partial charge in [0.2, 0.25) is 0 Å². The first-order valence-electron chi connectivity index (χ1n) is 6.76. The molecule has 0 saturated carbocycles. The highest BCUT2D eigenvalue weighted by atomic mass is 32.2. The first kappa shape index (κ1) is 12.5. The number of allylic oxidation sites excluding steroid dienone is 1. The molecule has 1 aromatic carbocycles. The fraction of sp³-hybridized carbons (Fsp3) is 0.312. The minimum Gasteiger partial charge on any atom is -0.304 e. The van der Waals surface area contributed by atoms with E-state index in [1.54, 1.807) is 0 Å². The molecule has 0 saturated heterocycles. The lowest BCUT2D eigenvalue weighted by atomic mass is 10.1. The van der Waals surface area contributed by atoms with Crippen LogP contribution in [-0.4, -0.2) is 14.8 Å². The highest BCUT2D eigenvalue weighted by Crippen LogP contribution is 2.30. The first-order valence-corrected chi connectivity index (χ1v) is 7.64. The maximum Gasteiger partial charge on any atom is 0.110 e. The maximum atomic E-state index is 4.26. The standard InChI is InChI=1S/C16H18N2S/c1-13-17-11-12-18(13)14-7-9-16(10-8-14)19-15-5-3-2-4-6-15/h3,5,7-12,15H,2,4,6H2,1H3. The molecule has 2 aromatic rings. The van der Waals surface area contributed by atoms with Crippen LogP contribution in [-0.2, 0) is 0 Å². The molecule has 1 aliphatic carbocycles. The fourth-order valence-corrected chi connectivity index (χ4v) is 3.51. The molecule has 3 heteroatoms. The molecule has 0 fully saturated rings. The van der Waals surface area contributed by atoms with E-state index in [-0.39, 0.29) is 0 Å². The lowest BCUT2D eigenvalue weighted by molar-refractivity contribution is 0.741. The van der Waals surface area contributed by atoms with Crippen LogP contribution in [0.3, 0.4) is 0 Å². The second-order valence-corrected chi connectivity index (χ2v) is 6.17. The van der Waals surface area contributed by atoms with Gasteiger partial charge in [-0.2, -0.15) is 0 Å². The number of nitrogens with zero attached hydrogens (tertiary/aromatic N) is 2. The Morgan fingerprint density at radius 3 is 2.74 bits per heavy atom. The van der Waals surface area contributed by atoms with Crippen molar-refractivity contribution in [1.29, 1.82) is 0 Å². The van der Waals surface area contributed by atoms with Crippen LogP contribution in [0.1, 0.15) is 25.1 Å². The summed E-state index contributed by atoms with van der Waals surface area (Å²) in [4.78, 5) is 5.60. The Kier molecular flexibility index (Phi) is 3.74. The molecular formula is C16H18N2S. The second kappa shape index (κ2) is 5.66. The zero-order valence-corrected chi connectivity index (χ0v) is 11.9. The van der Waals surface area contributed by atoms with E-state index >= 15 is 0 Å². The van der Waals surface area contributed by atoms with Gasteiger partial charge in [0, 0.05) is 28.2 Å². The lowest BCUT2D eigenvalue weighted by Crippen LogP contribution is -2.02. The number of hydrogen-bond donors (Lipinski definition) is 0. The van der Waals surface area contributed by atoms with E-state index in [0.717, 1.165) is 5.82 Å². The van der Waals surface area contributed by atoms with Gasteiger partial charge in [-0.1, -0.05) is 12.2 Å². The highest BCUT2D eigenvalue weighted by Gasteiger charge is 2.10. The van der Waals surface area contributed by atoms with Crippen molar-refractivity contribution in [3.63, 3.8) is 0 Å². The SMILES string of the molecule is Cc1nccn1-c1ccc(SC2C=CCCC2)cc1. The van der Waals surface area contributed by atoms with E-state index in [0.29, 0.717) is 5.25 Å². The largest absolute Gasteiger partial charge is 0.304 e. The van der Waals surface area contributed by atoms with Crippen molar-refractivity contribution in [2.45, 2.75) is 36.3 Å². The number of aryl methyl sites for hydroxylation is 1. The third-order valence-electron chi connectivity index (χ3n) is 3.44. The van der Waals surface area contributed by atoms with Crippen LogP contribution >= 0.6 is 11.8 Å². The average molecular weight is 270 g/mol. The van der Waals surface area contributed by atoms with Crippen molar-refractivity contribution in [3.05, 3.63) is 54.6 Å². The molecule has 0 aliphatic heterocycles. The number of imidazole rings is 1.